The minimum Gasteiger partial charge on any atom is -0.390 e. The fourth-order valence-electron chi connectivity index (χ4n) is 4.00. The van der Waals surface area contributed by atoms with Gasteiger partial charge in [0.15, 0.2) is 11.6 Å². The van der Waals surface area contributed by atoms with E-state index in [1.807, 2.05) is 0 Å². The highest BCUT2D eigenvalue weighted by atomic mass is 16.4. The van der Waals surface area contributed by atoms with E-state index in [0.29, 0.717) is 6.42 Å². The Morgan fingerprint density at radius 3 is 1.23 bits per heavy atom. The average Bonchev–Trinajstić information content (AvgIpc) is 2.71. The van der Waals surface area contributed by atoms with Gasteiger partial charge < -0.3 is 15.3 Å². The van der Waals surface area contributed by atoms with Gasteiger partial charge in [0.25, 0.3) is 0 Å². The van der Waals surface area contributed by atoms with Crippen LogP contribution in [-0.2, 0) is 9.59 Å². The van der Waals surface area contributed by atoms with Crippen LogP contribution in [0.1, 0.15) is 130 Å². The fourth-order valence-corrected chi connectivity index (χ4v) is 4.00. The minimum atomic E-state index is -2.51. The third kappa shape index (κ3) is 12.2. The molecule has 0 fully saturated rings. The number of ketones is 2. The second-order valence-corrected chi connectivity index (χ2v) is 8.98. The molecule has 5 heteroatoms. The van der Waals surface area contributed by atoms with Crippen LogP contribution in [0.5, 0.6) is 0 Å². The maximum Gasteiger partial charge on any atom is 0.209 e. The summed E-state index contributed by atoms with van der Waals surface area (Å²) >= 11 is 0. The molecule has 0 aromatic carbocycles. The third-order valence-electron chi connectivity index (χ3n) is 6.22. The maximum absolute atomic E-state index is 11.5. The van der Waals surface area contributed by atoms with Gasteiger partial charge in [-0.05, 0) is 20.3 Å². The van der Waals surface area contributed by atoms with E-state index < -0.39 is 29.4 Å². The van der Waals surface area contributed by atoms with E-state index in [0.717, 1.165) is 26.7 Å². The van der Waals surface area contributed by atoms with Crippen molar-refractivity contribution in [3.05, 3.63) is 0 Å². The Hall–Kier alpha value is -0.780. The normalized spacial score (nSPS) is 13.9. The molecule has 30 heavy (non-hydrogen) atoms. The van der Waals surface area contributed by atoms with E-state index in [1.54, 1.807) is 0 Å². The lowest BCUT2D eigenvalue weighted by atomic mass is 9.84. The number of aliphatic hydroxyl groups excluding tert-OH is 2. The fraction of sp³-hybridized carbons (Fsp3) is 0.920. The van der Waals surface area contributed by atoms with E-state index in [9.17, 15) is 24.9 Å². The molecule has 0 bridgehead atoms. The van der Waals surface area contributed by atoms with Crippen molar-refractivity contribution in [2.45, 2.75) is 148 Å². The Bertz CT molecular complexity index is 435. The standard InChI is InChI=1S/C25H48O5/c1-4-5-6-7-8-9-10-11-12-13-14-15-16-17-18-19-20-23(28)24(29)25(30,21(2)26)22(3)27/h23-24,28-30H,4-20H2,1-3H3. The van der Waals surface area contributed by atoms with Crippen LogP contribution in [0.3, 0.4) is 0 Å². The van der Waals surface area contributed by atoms with Gasteiger partial charge >= 0.3 is 0 Å². The first-order valence-electron chi connectivity index (χ1n) is 12.4. The van der Waals surface area contributed by atoms with Gasteiger partial charge in [-0.3, -0.25) is 9.59 Å². The Balaban J connectivity index is 3.59. The smallest absolute Gasteiger partial charge is 0.209 e. The number of unbranched alkanes of at least 4 members (excludes halogenated alkanes) is 15. The summed E-state index contributed by atoms with van der Waals surface area (Å²) in [6.45, 7) is 4.35. The van der Waals surface area contributed by atoms with Crippen molar-refractivity contribution in [1.29, 1.82) is 0 Å². The first-order chi connectivity index (χ1) is 14.3. The van der Waals surface area contributed by atoms with Crippen LogP contribution in [0.2, 0.25) is 0 Å². The monoisotopic (exact) mass is 428 g/mol. The molecule has 0 aromatic heterocycles. The van der Waals surface area contributed by atoms with Gasteiger partial charge in [-0.2, -0.15) is 0 Å². The Morgan fingerprint density at radius 1 is 0.633 bits per heavy atom. The van der Waals surface area contributed by atoms with Crippen LogP contribution in [0.4, 0.5) is 0 Å². The quantitative estimate of drug-likeness (QED) is 0.171. The number of carbonyl (C=O) groups is 2. The van der Waals surface area contributed by atoms with Gasteiger partial charge in [0.2, 0.25) is 5.60 Å². The van der Waals surface area contributed by atoms with Gasteiger partial charge in [0.05, 0.1) is 6.10 Å². The molecule has 0 heterocycles. The van der Waals surface area contributed by atoms with Gasteiger partial charge in [0.1, 0.15) is 6.10 Å². The second kappa shape index (κ2) is 17.9. The van der Waals surface area contributed by atoms with E-state index in [4.69, 9.17) is 0 Å². The molecule has 0 saturated carbocycles. The van der Waals surface area contributed by atoms with Gasteiger partial charge in [0, 0.05) is 0 Å². The molecule has 0 rings (SSSR count). The van der Waals surface area contributed by atoms with Gasteiger partial charge in [-0.25, -0.2) is 0 Å². The van der Waals surface area contributed by atoms with Crippen LogP contribution >= 0.6 is 0 Å². The van der Waals surface area contributed by atoms with Crippen molar-refractivity contribution in [1.82, 2.24) is 0 Å². The van der Waals surface area contributed by atoms with Crippen molar-refractivity contribution in [3.8, 4) is 0 Å². The summed E-state index contributed by atoms with van der Waals surface area (Å²) in [6, 6.07) is 0. The van der Waals surface area contributed by atoms with E-state index in [-0.39, 0.29) is 6.42 Å². The average molecular weight is 429 g/mol. The minimum absolute atomic E-state index is 0.266. The molecular formula is C25H48O5. The van der Waals surface area contributed by atoms with Crippen LogP contribution in [0.25, 0.3) is 0 Å². The van der Waals surface area contributed by atoms with Crippen LogP contribution in [-0.4, -0.2) is 44.7 Å². The number of aliphatic hydroxyl groups is 3. The third-order valence-corrected chi connectivity index (χ3v) is 6.22. The summed E-state index contributed by atoms with van der Waals surface area (Å²) < 4.78 is 0. The lowest BCUT2D eigenvalue weighted by molar-refractivity contribution is -0.170. The molecule has 0 spiro atoms. The number of hydrogen-bond donors (Lipinski definition) is 3. The predicted octanol–water partition coefficient (Wildman–Crippen LogP) is 5.27. The van der Waals surface area contributed by atoms with E-state index in [1.165, 1.54) is 83.5 Å². The van der Waals surface area contributed by atoms with Gasteiger partial charge in [-0.1, -0.05) is 110 Å². The molecule has 2 unspecified atom stereocenters. The summed E-state index contributed by atoms with van der Waals surface area (Å²) in [5.74, 6) is -1.68. The summed E-state index contributed by atoms with van der Waals surface area (Å²) in [5.41, 5.74) is -2.51. The molecule has 0 aromatic rings. The molecule has 0 amide bonds. The molecule has 3 N–H and O–H groups in total. The SMILES string of the molecule is CCCCCCCCCCCCCCCCCCC(O)C(O)C(O)(C(C)=O)C(C)=O. The van der Waals surface area contributed by atoms with Crippen molar-refractivity contribution in [2.75, 3.05) is 0 Å². The number of Topliss-reactive ketones (excluding diaryl/α,β-unsaturated/α-hetero) is 2. The lowest BCUT2D eigenvalue weighted by Gasteiger charge is -2.31. The number of rotatable bonds is 21. The predicted molar refractivity (Wildman–Crippen MR) is 122 cm³/mol. The zero-order valence-electron chi connectivity index (χ0n) is 19.8. The molecule has 5 nitrogen and oxygen atoms in total. The second-order valence-electron chi connectivity index (χ2n) is 8.98. The van der Waals surface area contributed by atoms with E-state index in [2.05, 4.69) is 6.92 Å². The largest absolute Gasteiger partial charge is 0.390 e. The van der Waals surface area contributed by atoms with Crippen molar-refractivity contribution in [2.24, 2.45) is 0 Å². The molecule has 0 aliphatic heterocycles. The Kier molecular flexibility index (Phi) is 17.4. The molecule has 0 aliphatic carbocycles. The molecular weight excluding hydrogens is 380 g/mol. The molecule has 2 atom stereocenters. The van der Waals surface area contributed by atoms with Crippen molar-refractivity contribution in [3.63, 3.8) is 0 Å². The van der Waals surface area contributed by atoms with Crippen LogP contribution < -0.4 is 0 Å². The first-order valence-corrected chi connectivity index (χ1v) is 12.4. The van der Waals surface area contributed by atoms with Crippen LogP contribution in [0, 0.1) is 0 Å². The molecule has 0 saturated heterocycles. The summed E-state index contributed by atoms with van der Waals surface area (Å²) in [5, 5.41) is 30.2. The highest BCUT2D eigenvalue weighted by molar-refractivity contribution is 6.08. The molecule has 178 valence electrons. The van der Waals surface area contributed by atoms with Crippen LogP contribution in [0.15, 0.2) is 0 Å². The van der Waals surface area contributed by atoms with E-state index >= 15 is 0 Å². The topological polar surface area (TPSA) is 94.8 Å². The highest BCUT2D eigenvalue weighted by Gasteiger charge is 2.48. The van der Waals surface area contributed by atoms with Crippen molar-refractivity contribution < 1.29 is 24.9 Å². The van der Waals surface area contributed by atoms with Gasteiger partial charge in [-0.15, -0.1) is 0 Å². The summed E-state index contributed by atoms with van der Waals surface area (Å²) in [7, 11) is 0. The Morgan fingerprint density at radius 2 is 0.933 bits per heavy atom. The first kappa shape index (κ1) is 29.2. The molecule has 0 aliphatic rings. The number of carbonyl (C=O) groups excluding carboxylic acids is 2. The highest BCUT2D eigenvalue weighted by Crippen LogP contribution is 2.21. The zero-order valence-corrected chi connectivity index (χ0v) is 19.8. The summed E-state index contributed by atoms with van der Waals surface area (Å²) in [4.78, 5) is 23.1. The number of hydrogen-bond acceptors (Lipinski definition) is 5. The zero-order chi connectivity index (χ0) is 22.8. The maximum atomic E-state index is 11.5. The summed E-state index contributed by atoms with van der Waals surface area (Å²) in [6.07, 6.45) is 17.3. The molecule has 0 radical (unpaired) electrons. The Labute approximate surface area is 184 Å². The lowest BCUT2D eigenvalue weighted by Crippen LogP contribution is -2.58. The van der Waals surface area contributed by atoms with Crippen molar-refractivity contribution >= 4 is 11.6 Å².